The van der Waals surface area contributed by atoms with E-state index in [0.717, 1.165) is 0 Å². The van der Waals surface area contributed by atoms with Gasteiger partial charge in [-0.15, -0.1) is 0 Å². The van der Waals surface area contributed by atoms with Gasteiger partial charge in [-0.3, -0.25) is 0 Å². The Bertz CT molecular complexity index is 240. The van der Waals surface area contributed by atoms with E-state index in [0.29, 0.717) is 16.3 Å². The van der Waals surface area contributed by atoms with Crippen LogP contribution in [0.3, 0.4) is 0 Å². The van der Waals surface area contributed by atoms with Crippen LogP contribution in [0, 0.1) is 0 Å². The zero-order valence-electron chi connectivity index (χ0n) is 5.34. The molecule has 0 radical (unpaired) electrons. The van der Waals surface area contributed by atoms with Crippen molar-refractivity contribution in [2.24, 2.45) is 0 Å². The van der Waals surface area contributed by atoms with Gasteiger partial charge >= 0.3 is 0 Å². The summed E-state index contributed by atoms with van der Waals surface area (Å²) >= 11 is 3.14. The van der Waals surface area contributed by atoms with Crippen LogP contribution < -0.4 is 10.5 Å². The second-order valence-electron chi connectivity index (χ2n) is 1.59. The summed E-state index contributed by atoms with van der Waals surface area (Å²) in [4.78, 5) is 7.69. The molecule has 0 fully saturated rings. The molecular formula is C5H6BrN3O. The molecule has 0 spiro atoms. The van der Waals surface area contributed by atoms with Gasteiger partial charge in [0, 0.05) is 0 Å². The van der Waals surface area contributed by atoms with E-state index in [1.807, 2.05) is 0 Å². The fourth-order valence-corrected chi connectivity index (χ4v) is 0.853. The molecule has 10 heavy (non-hydrogen) atoms. The maximum atomic E-state index is 5.33. The van der Waals surface area contributed by atoms with Gasteiger partial charge in [0.05, 0.1) is 13.3 Å². The van der Waals surface area contributed by atoms with E-state index in [9.17, 15) is 0 Å². The van der Waals surface area contributed by atoms with Crippen LogP contribution in [0.25, 0.3) is 0 Å². The quantitative estimate of drug-likeness (QED) is 0.735. The summed E-state index contributed by atoms with van der Waals surface area (Å²) in [5.41, 5.74) is 5.33. The smallest absolute Gasteiger partial charge is 0.249 e. The molecule has 1 rings (SSSR count). The van der Waals surface area contributed by atoms with Crippen molar-refractivity contribution < 1.29 is 4.74 Å². The third kappa shape index (κ3) is 1.36. The first-order valence-electron chi connectivity index (χ1n) is 2.56. The minimum Gasteiger partial charge on any atom is -0.479 e. The average molecular weight is 204 g/mol. The Morgan fingerprint density at radius 2 is 2.40 bits per heavy atom. The first-order chi connectivity index (χ1) is 4.74. The van der Waals surface area contributed by atoms with Gasteiger partial charge in [-0.2, -0.15) is 4.98 Å². The van der Waals surface area contributed by atoms with Gasteiger partial charge in [0.2, 0.25) is 5.88 Å². The summed E-state index contributed by atoms with van der Waals surface area (Å²) in [5, 5.41) is 0. The van der Waals surface area contributed by atoms with E-state index < -0.39 is 0 Å². The fraction of sp³-hybridized carbons (Fsp3) is 0.200. The van der Waals surface area contributed by atoms with Crippen LogP contribution in [0.1, 0.15) is 0 Å². The van der Waals surface area contributed by atoms with Gasteiger partial charge in [0.15, 0.2) is 4.60 Å². The van der Waals surface area contributed by atoms with E-state index in [2.05, 4.69) is 25.9 Å². The van der Waals surface area contributed by atoms with E-state index in [1.54, 1.807) is 0 Å². The molecule has 0 atom stereocenters. The molecule has 0 aromatic carbocycles. The number of ether oxygens (including phenoxy) is 1. The summed E-state index contributed by atoms with van der Waals surface area (Å²) in [5.74, 6) is 0.750. The Kier molecular flexibility index (Phi) is 2.06. The Morgan fingerprint density at radius 1 is 1.70 bits per heavy atom. The summed E-state index contributed by atoms with van der Waals surface area (Å²) in [6.07, 6.45) is 1.45. The highest BCUT2D eigenvalue weighted by molar-refractivity contribution is 9.10. The Labute approximate surface area is 66.6 Å². The van der Waals surface area contributed by atoms with Crippen molar-refractivity contribution in [2.75, 3.05) is 12.8 Å². The second-order valence-corrected chi connectivity index (χ2v) is 2.35. The highest BCUT2D eigenvalue weighted by Crippen LogP contribution is 2.18. The van der Waals surface area contributed by atoms with Crippen molar-refractivity contribution >= 4 is 21.7 Å². The lowest BCUT2D eigenvalue weighted by molar-refractivity contribution is 0.393. The third-order valence-electron chi connectivity index (χ3n) is 0.911. The monoisotopic (exact) mass is 203 g/mol. The topological polar surface area (TPSA) is 61.0 Å². The van der Waals surface area contributed by atoms with E-state index in [4.69, 9.17) is 10.5 Å². The third-order valence-corrected chi connectivity index (χ3v) is 1.45. The molecule has 0 aliphatic rings. The normalized spacial score (nSPS) is 9.40. The molecule has 54 valence electrons. The molecule has 0 aliphatic heterocycles. The van der Waals surface area contributed by atoms with Gasteiger partial charge in [0.25, 0.3) is 0 Å². The fourth-order valence-electron chi connectivity index (χ4n) is 0.500. The van der Waals surface area contributed by atoms with E-state index in [-0.39, 0.29) is 0 Å². The molecule has 2 N–H and O–H groups in total. The molecule has 4 nitrogen and oxygen atoms in total. The van der Waals surface area contributed by atoms with Crippen LogP contribution in [-0.4, -0.2) is 17.1 Å². The van der Waals surface area contributed by atoms with Crippen molar-refractivity contribution in [2.45, 2.75) is 0 Å². The summed E-state index contributed by atoms with van der Waals surface area (Å²) in [6.45, 7) is 0. The SMILES string of the molecule is COc1nc(N)cnc1Br. The number of nitrogens with two attached hydrogens (primary N) is 1. The molecule has 1 aromatic heterocycles. The van der Waals surface area contributed by atoms with Crippen LogP contribution in [0.15, 0.2) is 10.8 Å². The lowest BCUT2D eigenvalue weighted by Crippen LogP contribution is -1.96. The molecule has 0 saturated heterocycles. The zero-order chi connectivity index (χ0) is 7.56. The predicted octanol–water partition coefficient (Wildman–Crippen LogP) is 0.830. The number of halogens is 1. The lowest BCUT2D eigenvalue weighted by atomic mass is 10.7. The summed E-state index contributed by atoms with van der Waals surface area (Å²) in [6, 6.07) is 0. The Morgan fingerprint density at radius 3 is 2.90 bits per heavy atom. The van der Waals surface area contributed by atoms with Gasteiger partial charge in [-0.05, 0) is 15.9 Å². The van der Waals surface area contributed by atoms with Crippen LogP contribution in [-0.2, 0) is 0 Å². The van der Waals surface area contributed by atoms with Crippen LogP contribution >= 0.6 is 15.9 Å². The van der Waals surface area contributed by atoms with Gasteiger partial charge < -0.3 is 10.5 Å². The van der Waals surface area contributed by atoms with E-state index in [1.165, 1.54) is 13.3 Å². The van der Waals surface area contributed by atoms with Gasteiger partial charge in [-0.25, -0.2) is 4.98 Å². The lowest BCUT2D eigenvalue weighted by Gasteiger charge is -1.99. The number of hydrogen-bond donors (Lipinski definition) is 1. The van der Waals surface area contributed by atoms with Crippen molar-refractivity contribution in [1.82, 2.24) is 9.97 Å². The molecule has 0 bridgehead atoms. The molecule has 0 amide bonds. The van der Waals surface area contributed by atoms with Crippen molar-refractivity contribution in [3.05, 3.63) is 10.8 Å². The Hall–Kier alpha value is -0.840. The first-order valence-corrected chi connectivity index (χ1v) is 3.35. The number of hydrogen-bond acceptors (Lipinski definition) is 4. The number of nitrogens with zero attached hydrogens (tertiary/aromatic N) is 2. The van der Waals surface area contributed by atoms with Gasteiger partial charge in [0.1, 0.15) is 5.82 Å². The molecule has 1 aromatic rings. The molecular weight excluding hydrogens is 198 g/mol. The number of methoxy groups -OCH3 is 1. The second kappa shape index (κ2) is 2.83. The van der Waals surface area contributed by atoms with Crippen molar-refractivity contribution in [1.29, 1.82) is 0 Å². The number of rotatable bonds is 1. The van der Waals surface area contributed by atoms with Crippen molar-refractivity contribution in [3.8, 4) is 5.88 Å². The van der Waals surface area contributed by atoms with E-state index >= 15 is 0 Å². The number of anilines is 1. The maximum absolute atomic E-state index is 5.33. The molecule has 0 saturated carbocycles. The minimum absolute atomic E-state index is 0.347. The van der Waals surface area contributed by atoms with Crippen LogP contribution in [0.4, 0.5) is 5.82 Å². The minimum atomic E-state index is 0.347. The number of nitrogen functional groups attached to an aromatic ring is 1. The molecule has 1 heterocycles. The highest BCUT2D eigenvalue weighted by atomic mass is 79.9. The predicted molar refractivity (Wildman–Crippen MR) is 40.7 cm³/mol. The van der Waals surface area contributed by atoms with Crippen LogP contribution in [0.5, 0.6) is 5.88 Å². The molecule has 5 heteroatoms. The zero-order valence-corrected chi connectivity index (χ0v) is 6.92. The first kappa shape index (κ1) is 7.27. The number of aromatic nitrogens is 2. The summed E-state index contributed by atoms with van der Waals surface area (Å²) < 4.78 is 5.38. The summed E-state index contributed by atoms with van der Waals surface area (Å²) in [7, 11) is 1.51. The highest BCUT2D eigenvalue weighted by Gasteiger charge is 2.01. The molecule has 0 unspecified atom stereocenters. The van der Waals surface area contributed by atoms with Gasteiger partial charge in [-0.1, -0.05) is 0 Å². The van der Waals surface area contributed by atoms with Crippen LogP contribution in [0.2, 0.25) is 0 Å². The maximum Gasteiger partial charge on any atom is 0.249 e. The Balaban J connectivity index is 3.09. The standard InChI is InChI=1S/C5H6BrN3O/c1-10-5-4(6)8-2-3(7)9-5/h2H,1H3,(H2,7,9). The average Bonchev–Trinajstić information content (AvgIpc) is 1.94. The van der Waals surface area contributed by atoms with Crippen molar-refractivity contribution in [3.63, 3.8) is 0 Å². The largest absolute Gasteiger partial charge is 0.479 e. The molecule has 0 aliphatic carbocycles.